The molecule has 0 aliphatic carbocycles. The lowest BCUT2D eigenvalue weighted by atomic mass is 10.1. The molecule has 1 unspecified atom stereocenters. The lowest BCUT2D eigenvalue weighted by molar-refractivity contribution is 0.734. The van der Waals surface area contributed by atoms with Crippen molar-refractivity contribution in [3.8, 4) is 0 Å². The van der Waals surface area contributed by atoms with E-state index in [4.69, 9.17) is 5.73 Å². The zero-order valence-corrected chi connectivity index (χ0v) is 12.6. The van der Waals surface area contributed by atoms with Crippen LogP contribution in [0.1, 0.15) is 30.9 Å². The molecule has 2 heterocycles. The molecule has 0 radical (unpaired) electrons. The molecule has 1 atom stereocenters. The zero-order valence-electron chi connectivity index (χ0n) is 12.6. The molecule has 3 rings (SSSR count). The summed E-state index contributed by atoms with van der Waals surface area (Å²) in [6, 6.07) is 13.1. The Hall–Kier alpha value is -1.87. The Morgan fingerprint density at radius 1 is 1.19 bits per heavy atom. The second-order valence-corrected chi connectivity index (χ2v) is 5.94. The summed E-state index contributed by atoms with van der Waals surface area (Å²) < 4.78 is 0. The number of fused-ring (bicyclic) bond motifs is 1. The normalized spacial score (nSPS) is 16.2. The standard InChI is InChI=1S/C18H23N3/c1-14(19)12-15-9-10-18(20-13-15)21-11-5-4-7-16-6-2-3-8-17(16)21/h2-3,6,8-10,13-14H,4-5,7,11-12,19H2,1H3. The quantitative estimate of drug-likeness (QED) is 0.937. The van der Waals surface area contributed by atoms with Gasteiger partial charge in [0.1, 0.15) is 5.82 Å². The van der Waals surface area contributed by atoms with Gasteiger partial charge in [-0.1, -0.05) is 24.3 Å². The van der Waals surface area contributed by atoms with Crippen LogP contribution < -0.4 is 10.6 Å². The van der Waals surface area contributed by atoms with Crippen molar-refractivity contribution in [3.63, 3.8) is 0 Å². The summed E-state index contributed by atoms with van der Waals surface area (Å²) in [6.45, 7) is 3.07. The number of aryl methyl sites for hydroxylation is 1. The van der Waals surface area contributed by atoms with Gasteiger partial charge in [-0.25, -0.2) is 4.98 Å². The van der Waals surface area contributed by atoms with Gasteiger partial charge in [-0.05, 0) is 55.9 Å². The van der Waals surface area contributed by atoms with Gasteiger partial charge in [-0.15, -0.1) is 0 Å². The van der Waals surface area contributed by atoms with Crippen molar-refractivity contribution in [1.29, 1.82) is 0 Å². The molecule has 3 heteroatoms. The summed E-state index contributed by atoms with van der Waals surface area (Å²) in [5, 5.41) is 0. The van der Waals surface area contributed by atoms with Gasteiger partial charge in [0.15, 0.2) is 0 Å². The lowest BCUT2D eigenvalue weighted by Gasteiger charge is -2.24. The summed E-state index contributed by atoms with van der Waals surface area (Å²) in [5.41, 5.74) is 9.79. The molecule has 2 aromatic rings. The van der Waals surface area contributed by atoms with Crippen LogP contribution in [0.3, 0.4) is 0 Å². The fourth-order valence-corrected chi connectivity index (χ4v) is 3.00. The average molecular weight is 281 g/mol. The molecule has 2 N–H and O–H groups in total. The zero-order chi connectivity index (χ0) is 14.7. The van der Waals surface area contributed by atoms with Crippen LogP contribution in [-0.4, -0.2) is 17.6 Å². The smallest absolute Gasteiger partial charge is 0.132 e. The van der Waals surface area contributed by atoms with Crippen molar-refractivity contribution < 1.29 is 0 Å². The van der Waals surface area contributed by atoms with E-state index in [9.17, 15) is 0 Å². The maximum atomic E-state index is 5.85. The van der Waals surface area contributed by atoms with E-state index in [0.717, 1.165) is 25.2 Å². The highest BCUT2D eigenvalue weighted by Crippen LogP contribution is 2.31. The lowest BCUT2D eigenvalue weighted by Crippen LogP contribution is -2.20. The summed E-state index contributed by atoms with van der Waals surface area (Å²) in [7, 11) is 0. The van der Waals surface area contributed by atoms with Gasteiger partial charge in [0.05, 0.1) is 0 Å². The van der Waals surface area contributed by atoms with Crippen molar-refractivity contribution in [3.05, 3.63) is 53.7 Å². The van der Waals surface area contributed by atoms with Gasteiger partial charge in [-0.2, -0.15) is 0 Å². The SMILES string of the molecule is CC(N)Cc1ccc(N2CCCCc3ccccc32)nc1. The van der Waals surface area contributed by atoms with Crippen LogP contribution in [0.5, 0.6) is 0 Å². The molecule has 21 heavy (non-hydrogen) atoms. The number of para-hydroxylation sites is 1. The first-order chi connectivity index (χ1) is 10.2. The molecule has 0 bridgehead atoms. The first-order valence-corrected chi connectivity index (χ1v) is 7.80. The number of nitrogens with two attached hydrogens (primary N) is 1. The summed E-state index contributed by atoms with van der Waals surface area (Å²) in [4.78, 5) is 7.01. The molecule has 0 fully saturated rings. The molecular formula is C18H23N3. The number of pyridine rings is 1. The fourth-order valence-electron chi connectivity index (χ4n) is 3.00. The van der Waals surface area contributed by atoms with Crippen LogP contribution in [0.4, 0.5) is 11.5 Å². The minimum Gasteiger partial charge on any atom is -0.328 e. The van der Waals surface area contributed by atoms with E-state index in [1.165, 1.54) is 29.7 Å². The Balaban J connectivity index is 1.89. The Kier molecular flexibility index (Phi) is 4.20. The fraction of sp³-hybridized carbons (Fsp3) is 0.389. The van der Waals surface area contributed by atoms with Crippen LogP contribution in [0.2, 0.25) is 0 Å². The van der Waals surface area contributed by atoms with Crippen LogP contribution in [0.25, 0.3) is 0 Å². The van der Waals surface area contributed by atoms with Gasteiger partial charge < -0.3 is 10.6 Å². The highest BCUT2D eigenvalue weighted by molar-refractivity contribution is 5.64. The molecule has 110 valence electrons. The molecule has 0 amide bonds. The minimum absolute atomic E-state index is 0.177. The van der Waals surface area contributed by atoms with Gasteiger partial charge >= 0.3 is 0 Å². The molecule has 0 saturated carbocycles. The Morgan fingerprint density at radius 3 is 2.81 bits per heavy atom. The maximum absolute atomic E-state index is 5.85. The Morgan fingerprint density at radius 2 is 2.05 bits per heavy atom. The van der Waals surface area contributed by atoms with E-state index in [1.54, 1.807) is 0 Å². The summed E-state index contributed by atoms with van der Waals surface area (Å²) in [6.07, 6.45) is 6.46. The van der Waals surface area contributed by atoms with E-state index < -0.39 is 0 Å². The number of aromatic nitrogens is 1. The molecule has 1 aromatic carbocycles. The number of anilines is 2. The summed E-state index contributed by atoms with van der Waals surface area (Å²) >= 11 is 0. The van der Waals surface area contributed by atoms with Crippen molar-refractivity contribution in [1.82, 2.24) is 4.98 Å². The molecular weight excluding hydrogens is 258 g/mol. The number of rotatable bonds is 3. The largest absolute Gasteiger partial charge is 0.328 e. The second kappa shape index (κ2) is 6.27. The minimum atomic E-state index is 0.177. The van der Waals surface area contributed by atoms with Gasteiger partial charge in [0, 0.05) is 24.5 Å². The van der Waals surface area contributed by atoms with Crippen molar-refractivity contribution in [2.75, 3.05) is 11.4 Å². The van der Waals surface area contributed by atoms with E-state index >= 15 is 0 Å². The van der Waals surface area contributed by atoms with Gasteiger partial charge in [-0.3, -0.25) is 0 Å². The monoisotopic (exact) mass is 281 g/mol. The van der Waals surface area contributed by atoms with E-state index in [0.29, 0.717) is 0 Å². The van der Waals surface area contributed by atoms with Crippen molar-refractivity contribution >= 4 is 11.5 Å². The van der Waals surface area contributed by atoms with Gasteiger partial charge in [0.2, 0.25) is 0 Å². The second-order valence-electron chi connectivity index (χ2n) is 5.94. The molecule has 1 aliphatic rings. The van der Waals surface area contributed by atoms with Gasteiger partial charge in [0.25, 0.3) is 0 Å². The van der Waals surface area contributed by atoms with Crippen LogP contribution >= 0.6 is 0 Å². The van der Waals surface area contributed by atoms with Crippen LogP contribution in [0, 0.1) is 0 Å². The third-order valence-electron chi connectivity index (χ3n) is 4.00. The molecule has 0 spiro atoms. The molecule has 1 aromatic heterocycles. The molecule has 1 aliphatic heterocycles. The highest BCUT2D eigenvalue weighted by Gasteiger charge is 2.17. The van der Waals surface area contributed by atoms with Crippen molar-refractivity contribution in [2.24, 2.45) is 5.73 Å². The number of benzene rings is 1. The molecule has 3 nitrogen and oxygen atoms in total. The predicted molar refractivity (Wildman–Crippen MR) is 88.0 cm³/mol. The van der Waals surface area contributed by atoms with Crippen LogP contribution in [0.15, 0.2) is 42.6 Å². The predicted octanol–water partition coefficient (Wildman–Crippen LogP) is 3.45. The van der Waals surface area contributed by atoms with E-state index in [-0.39, 0.29) is 6.04 Å². The average Bonchev–Trinajstić information content (AvgIpc) is 2.70. The van der Waals surface area contributed by atoms with Crippen molar-refractivity contribution in [2.45, 2.75) is 38.6 Å². The Labute approximate surface area is 126 Å². The first kappa shape index (κ1) is 14.1. The highest BCUT2D eigenvalue weighted by atomic mass is 15.2. The summed E-state index contributed by atoms with van der Waals surface area (Å²) in [5.74, 6) is 1.04. The van der Waals surface area contributed by atoms with E-state index in [2.05, 4.69) is 46.3 Å². The maximum Gasteiger partial charge on any atom is 0.132 e. The topological polar surface area (TPSA) is 42.1 Å². The number of nitrogens with zero attached hydrogens (tertiary/aromatic N) is 2. The van der Waals surface area contributed by atoms with Crippen LogP contribution in [-0.2, 0) is 12.8 Å². The third-order valence-corrected chi connectivity index (χ3v) is 4.00. The third kappa shape index (κ3) is 3.24. The van der Waals surface area contributed by atoms with E-state index in [1.807, 2.05) is 13.1 Å². The number of hydrogen-bond acceptors (Lipinski definition) is 3. The number of hydrogen-bond donors (Lipinski definition) is 1. The first-order valence-electron chi connectivity index (χ1n) is 7.80. The molecule has 0 saturated heterocycles. The Bertz CT molecular complexity index is 590.